The van der Waals surface area contributed by atoms with E-state index in [1.165, 1.54) is 11.8 Å². The number of carbonyl (C=O) groups is 3. The molecule has 0 aliphatic carbocycles. The van der Waals surface area contributed by atoms with Crippen molar-refractivity contribution in [2.24, 2.45) is 0 Å². The maximum Gasteiger partial charge on any atom is 0.411 e. The van der Waals surface area contributed by atoms with Gasteiger partial charge in [0.1, 0.15) is 11.1 Å². The van der Waals surface area contributed by atoms with Gasteiger partial charge in [-0.05, 0) is 39.3 Å². The zero-order valence-corrected chi connectivity index (χ0v) is 14.8. The Morgan fingerprint density at radius 2 is 1.92 bits per heavy atom. The monoisotopic (exact) mass is 346 g/mol. The van der Waals surface area contributed by atoms with Crippen LogP contribution in [0.25, 0.3) is 0 Å². The molecule has 1 saturated heterocycles. The number of likely N-dealkylation sites (tertiary alicyclic amines) is 1. The molecule has 3 rings (SSSR count). The predicted molar refractivity (Wildman–Crippen MR) is 90.3 cm³/mol. The number of amides is 2. The molecule has 0 unspecified atom stereocenters. The summed E-state index contributed by atoms with van der Waals surface area (Å²) in [5, 5.41) is 12.6. The molecular weight excluding hydrogens is 324 g/mol. The average Bonchev–Trinajstić information content (AvgIpc) is 2.95. The summed E-state index contributed by atoms with van der Waals surface area (Å²) in [4.78, 5) is 38.5. The Bertz CT molecular complexity index is 769. The van der Waals surface area contributed by atoms with Crippen LogP contribution in [0.3, 0.4) is 0 Å². The highest BCUT2D eigenvalue weighted by molar-refractivity contribution is 6.08. The van der Waals surface area contributed by atoms with Gasteiger partial charge >= 0.3 is 12.1 Å². The maximum absolute atomic E-state index is 12.7. The molecule has 2 N–H and O–H groups in total. The SMILES string of the molecule is CC(C)(C)OC(=O)N1C[C@]2(C[C@@]1(C)C(=O)O)C(=O)Nc1ccccc12. The molecule has 25 heavy (non-hydrogen) atoms. The van der Waals surface area contributed by atoms with E-state index in [2.05, 4.69) is 5.32 Å². The molecule has 1 spiro atoms. The molecule has 134 valence electrons. The van der Waals surface area contributed by atoms with E-state index < -0.39 is 28.6 Å². The van der Waals surface area contributed by atoms with Gasteiger partial charge in [-0.2, -0.15) is 0 Å². The molecule has 0 bridgehead atoms. The highest BCUT2D eigenvalue weighted by atomic mass is 16.6. The minimum atomic E-state index is -1.53. The first-order chi connectivity index (χ1) is 11.5. The second-order valence-electron chi connectivity index (χ2n) is 7.90. The number of aliphatic carboxylic acids is 1. The summed E-state index contributed by atoms with van der Waals surface area (Å²) < 4.78 is 5.39. The maximum atomic E-state index is 12.7. The molecule has 0 radical (unpaired) electrons. The van der Waals surface area contributed by atoms with Gasteiger partial charge in [0, 0.05) is 18.7 Å². The number of nitrogens with one attached hydrogen (secondary N) is 1. The van der Waals surface area contributed by atoms with Crippen molar-refractivity contribution in [1.29, 1.82) is 0 Å². The van der Waals surface area contributed by atoms with Crippen LogP contribution in [0.4, 0.5) is 10.5 Å². The van der Waals surface area contributed by atoms with Crippen LogP contribution in [0.1, 0.15) is 39.7 Å². The summed E-state index contributed by atoms with van der Waals surface area (Å²) in [6, 6.07) is 7.18. The van der Waals surface area contributed by atoms with Gasteiger partial charge in [-0.15, -0.1) is 0 Å². The smallest absolute Gasteiger partial charge is 0.411 e. The first-order valence-corrected chi connectivity index (χ1v) is 8.15. The van der Waals surface area contributed by atoms with Crippen LogP contribution in [0.5, 0.6) is 0 Å². The van der Waals surface area contributed by atoms with Crippen LogP contribution in [-0.4, -0.2) is 45.7 Å². The number of carboxylic acids is 1. The highest BCUT2D eigenvalue weighted by Crippen LogP contribution is 2.50. The first-order valence-electron chi connectivity index (χ1n) is 8.15. The van der Waals surface area contributed by atoms with Crippen LogP contribution in [0.15, 0.2) is 24.3 Å². The van der Waals surface area contributed by atoms with Crippen LogP contribution in [0, 0.1) is 0 Å². The molecule has 2 heterocycles. The van der Waals surface area contributed by atoms with Crippen LogP contribution < -0.4 is 5.32 Å². The van der Waals surface area contributed by atoms with Crippen molar-refractivity contribution in [2.75, 3.05) is 11.9 Å². The Balaban J connectivity index is 2.06. The largest absolute Gasteiger partial charge is 0.480 e. The first kappa shape index (κ1) is 17.3. The summed E-state index contributed by atoms with van der Waals surface area (Å²) in [5.74, 6) is -1.44. The van der Waals surface area contributed by atoms with Crippen molar-refractivity contribution < 1.29 is 24.2 Å². The molecule has 2 amide bonds. The normalized spacial score (nSPS) is 28.0. The number of benzene rings is 1. The molecule has 2 atom stereocenters. The van der Waals surface area contributed by atoms with Crippen LogP contribution >= 0.6 is 0 Å². The van der Waals surface area contributed by atoms with Gasteiger partial charge in [0.05, 0.1) is 5.41 Å². The zero-order chi connectivity index (χ0) is 18.6. The molecule has 1 aromatic rings. The lowest BCUT2D eigenvalue weighted by Gasteiger charge is -2.32. The highest BCUT2D eigenvalue weighted by Gasteiger charge is 2.63. The van der Waals surface area contributed by atoms with Crippen molar-refractivity contribution in [3.8, 4) is 0 Å². The van der Waals surface area contributed by atoms with E-state index >= 15 is 0 Å². The fraction of sp³-hybridized carbons (Fsp3) is 0.500. The fourth-order valence-electron chi connectivity index (χ4n) is 3.66. The standard InChI is InChI=1S/C18H22N2O5/c1-16(2,3)25-15(24)20-10-18(9-17(20,4)14(22)23)11-7-5-6-8-12(11)19-13(18)21/h5-8H,9-10H2,1-4H3,(H,19,21)(H,22,23)/t17-,18-/m0/s1. The lowest BCUT2D eigenvalue weighted by atomic mass is 9.76. The van der Waals surface area contributed by atoms with Crippen molar-refractivity contribution in [3.63, 3.8) is 0 Å². The van der Waals surface area contributed by atoms with Crippen molar-refractivity contribution in [2.45, 2.75) is 50.7 Å². The molecule has 0 saturated carbocycles. The van der Waals surface area contributed by atoms with Gasteiger partial charge in [-0.3, -0.25) is 9.69 Å². The van der Waals surface area contributed by atoms with Gasteiger partial charge in [0.2, 0.25) is 5.91 Å². The number of nitrogens with zero attached hydrogens (tertiary/aromatic N) is 1. The molecule has 2 aliphatic rings. The topological polar surface area (TPSA) is 95.9 Å². The minimum Gasteiger partial charge on any atom is -0.480 e. The van der Waals surface area contributed by atoms with E-state index in [0.29, 0.717) is 5.69 Å². The Labute approximate surface area is 146 Å². The Morgan fingerprint density at radius 1 is 1.28 bits per heavy atom. The van der Waals surface area contributed by atoms with E-state index in [1.54, 1.807) is 45.0 Å². The predicted octanol–water partition coefficient (Wildman–Crippen LogP) is 2.36. The third-order valence-electron chi connectivity index (χ3n) is 4.87. The van der Waals surface area contributed by atoms with E-state index in [1.807, 2.05) is 0 Å². The number of hydrogen-bond acceptors (Lipinski definition) is 4. The summed E-state index contributed by atoms with van der Waals surface area (Å²) >= 11 is 0. The Hall–Kier alpha value is -2.57. The number of rotatable bonds is 1. The van der Waals surface area contributed by atoms with Gasteiger partial charge < -0.3 is 15.2 Å². The number of para-hydroxylation sites is 1. The Morgan fingerprint density at radius 3 is 2.52 bits per heavy atom. The number of carboxylic acid groups (broad SMARTS) is 1. The summed E-state index contributed by atoms with van der Waals surface area (Å²) in [6.07, 6.45) is -0.733. The number of fused-ring (bicyclic) bond motifs is 2. The summed E-state index contributed by atoms with van der Waals surface area (Å²) in [5.41, 5.74) is -2.00. The second-order valence-corrected chi connectivity index (χ2v) is 7.90. The number of anilines is 1. The third-order valence-corrected chi connectivity index (χ3v) is 4.87. The number of carbonyl (C=O) groups excluding carboxylic acids is 2. The minimum absolute atomic E-state index is 0.00256. The third kappa shape index (κ3) is 2.54. The molecular formula is C18H22N2O5. The van der Waals surface area contributed by atoms with E-state index in [4.69, 9.17) is 4.74 Å². The van der Waals surface area contributed by atoms with Gasteiger partial charge in [-0.25, -0.2) is 9.59 Å². The Kier molecular flexibility index (Phi) is 3.60. The van der Waals surface area contributed by atoms with Crippen molar-refractivity contribution in [1.82, 2.24) is 4.90 Å². The van der Waals surface area contributed by atoms with Gasteiger partial charge in [-0.1, -0.05) is 18.2 Å². The quantitative estimate of drug-likeness (QED) is 0.814. The van der Waals surface area contributed by atoms with E-state index in [0.717, 1.165) is 5.56 Å². The average molecular weight is 346 g/mol. The molecule has 0 aromatic heterocycles. The van der Waals surface area contributed by atoms with E-state index in [9.17, 15) is 19.5 Å². The van der Waals surface area contributed by atoms with Crippen LogP contribution in [-0.2, 0) is 19.7 Å². The fourth-order valence-corrected chi connectivity index (χ4v) is 3.66. The van der Waals surface area contributed by atoms with Crippen molar-refractivity contribution in [3.05, 3.63) is 29.8 Å². The lowest BCUT2D eigenvalue weighted by Crippen LogP contribution is -2.52. The number of hydrogen-bond donors (Lipinski definition) is 2. The molecule has 7 nitrogen and oxygen atoms in total. The van der Waals surface area contributed by atoms with Gasteiger partial charge in [0.15, 0.2) is 0 Å². The molecule has 2 aliphatic heterocycles. The summed E-state index contributed by atoms with van der Waals surface area (Å²) in [7, 11) is 0. The zero-order valence-electron chi connectivity index (χ0n) is 14.8. The molecule has 1 aromatic carbocycles. The van der Waals surface area contributed by atoms with Crippen molar-refractivity contribution >= 4 is 23.7 Å². The van der Waals surface area contributed by atoms with Gasteiger partial charge in [0.25, 0.3) is 0 Å². The number of ether oxygens (including phenoxy) is 1. The molecule has 1 fully saturated rings. The molecule has 7 heteroatoms. The summed E-state index contributed by atoms with van der Waals surface area (Å²) in [6.45, 7) is 6.57. The van der Waals surface area contributed by atoms with E-state index in [-0.39, 0.29) is 18.9 Å². The van der Waals surface area contributed by atoms with Crippen LogP contribution in [0.2, 0.25) is 0 Å². The second kappa shape index (κ2) is 5.21. The lowest BCUT2D eigenvalue weighted by molar-refractivity contribution is -0.148.